The van der Waals surface area contributed by atoms with Gasteiger partial charge in [0.2, 0.25) is 0 Å². The highest BCUT2D eigenvalue weighted by Crippen LogP contribution is 2.60. The van der Waals surface area contributed by atoms with Crippen molar-refractivity contribution in [3.05, 3.63) is 18.5 Å². The van der Waals surface area contributed by atoms with E-state index in [4.69, 9.17) is 10.2 Å². The molecule has 32 heavy (non-hydrogen) atoms. The van der Waals surface area contributed by atoms with Crippen LogP contribution in [0.4, 0.5) is 5.82 Å². The molecule has 3 aromatic rings. The molecule has 3 heterocycles. The minimum absolute atomic E-state index is 0.00246. The van der Waals surface area contributed by atoms with Crippen molar-refractivity contribution in [3.8, 4) is 0 Å². The highest BCUT2D eigenvalue weighted by molar-refractivity contribution is 6.40. The van der Waals surface area contributed by atoms with Gasteiger partial charge in [0, 0.05) is 24.3 Å². The smallest absolute Gasteiger partial charge is 0.314 e. The first kappa shape index (κ1) is 19.7. The second-order valence-electron chi connectivity index (χ2n) is 9.67. The average Bonchev–Trinajstić information content (AvgIpc) is 3.35. The van der Waals surface area contributed by atoms with Gasteiger partial charge in [0.15, 0.2) is 5.82 Å². The Morgan fingerprint density at radius 3 is 2.69 bits per heavy atom. The lowest BCUT2D eigenvalue weighted by molar-refractivity contribution is -0.148. The van der Waals surface area contributed by atoms with Crippen molar-refractivity contribution in [1.82, 2.24) is 25.1 Å². The van der Waals surface area contributed by atoms with Crippen LogP contribution in [0, 0.1) is 17.8 Å². The second-order valence-corrected chi connectivity index (χ2v) is 9.67. The molecule has 1 unspecified atom stereocenters. The fourth-order valence-electron chi connectivity index (χ4n) is 6.70. The molecule has 0 aromatic carbocycles. The summed E-state index contributed by atoms with van der Waals surface area (Å²) in [7, 11) is 0. The molecular weight excluding hydrogens is 412 g/mol. The van der Waals surface area contributed by atoms with Crippen molar-refractivity contribution in [2.24, 2.45) is 17.8 Å². The molecule has 0 spiro atoms. The third-order valence-corrected chi connectivity index (χ3v) is 7.56. The minimum atomic E-state index is -0.835. The molecule has 168 valence electrons. The Bertz CT molecular complexity index is 1220. The first-order chi connectivity index (χ1) is 15.5. The number of H-pyrrole nitrogens is 1. The second kappa shape index (κ2) is 7.01. The number of rotatable bonds is 4. The van der Waals surface area contributed by atoms with E-state index < -0.39 is 17.4 Å². The fourth-order valence-corrected chi connectivity index (χ4v) is 6.70. The number of pyridine rings is 1. The first-order valence-corrected chi connectivity index (χ1v) is 11.2. The van der Waals surface area contributed by atoms with Gasteiger partial charge < -0.3 is 25.8 Å². The Morgan fingerprint density at radius 2 is 1.97 bits per heavy atom. The van der Waals surface area contributed by atoms with E-state index >= 15 is 0 Å². The zero-order valence-electron chi connectivity index (χ0n) is 17.5. The van der Waals surface area contributed by atoms with Gasteiger partial charge in [-0.15, -0.1) is 0 Å². The molecule has 7 rings (SSSR count). The van der Waals surface area contributed by atoms with Gasteiger partial charge in [-0.05, 0) is 55.9 Å². The summed E-state index contributed by atoms with van der Waals surface area (Å²) in [5, 5.41) is 31.3. The van der Waals surface area contributed by atoms with Crippen LogP contribution in [0.3, 0.4) is 0 Å². The van der Waals surface area contributed by atoms with Gasteiger partial charge in [-0.2, -0.15) is 5.10 Å². The number of carbonyl (C=O) groups excluding carboxylic acids is 2. The van der Waals surface area contributed by atoms with Crippen molar-refractivity contribution >= 4 is 39.6 Å². The van der Waals surface area contributed by atoms with E-state index in [1.165, 1.54) is 0 Å². The number of nitrogens with one attached hydrogen (secondary N) is 3. The molecule has 4 saturated carbocycles. The van der Waals surface area contributed by atoms with E-state index in [0.29, 0.717) is 29.0 Å². The van der Waals surface area contributed by atoms with Gasteiger partial charge in [-0.25, -0.2) is 4.98 Å². The molecule has 5 N–H and O–H groups in total. The summed E-state index contributed by atoms with van der Waals surface area (Å²) in [6, 6.07) is 2.08. The molecule has 4 aliphatic carbocycles. The van der Waals surface area contributed by atoms with Crippen LogP contribution in [-0.4, -0.2) is 60.5 Å². The normalized spacial score (nSPS) is 30.8. The van der Waals surface area contributed by atoms with Gasteiger partial charge in [0.05, 0.1) is 29.2 Å². The fraction of sp³-hybridized carbons (Fsp3) is 0.545. The summed E-state index contributed by atoms with van der Waals surface area (Å²) in [6.45, 7) is -0.244. The predicted octanol–water partition coefficient (Wildman–Crippen LogP) is 1.07. The average molecular weight is 438 g/mol. The van der Waals surface area contributed by atoms with Crippen molar-refractivity contribution in [2.45, 2.75) is 43.7 Å². The summed E-state index contributed by atoms with van der Waals surface area (Å²) in [4.78, 5) is 32.1. The molecule has 10 nitrogen and oxygen atoms in total. The van der Waals surface area contributed by atoms with E-state index in [1.807, 2.05) is 16.9 Å². The number of carbonyl (C=O) groups is 2. The number of aliphatic hydroxyl groups is 2. The van der Waals surface area contributed by atoms with Crippen LogP contribution in [0.1, 0.15) is 38.1 Å². The number of aromatic amines is 1. The third-order valence-electron chi connectivity index (χ3n) is 7.56. The molecule has 2 amide bonds. The number of amides is 2. The standard InChI is InChI=1S/C22H26N6O4/c29-4-3-24-20(30)21(31)26-19-15-10-25-18-14(1-2-23-18)17(15)28(27-19)16-12-5-11-6-13(16)9-22(32,7-11)8-12/h1-2,10-13,16,29,32H,3-9H2,(H,23,25)(H,24,30)(H,26,27,31)/t11?,12-,13+,16+,22-. The summed E-state index contributed by atoms with van der Waals surface area (Å²) < 4.78 is 2.02. The monoisotopic (exact) mass is 438 g/mol. The van der Waals surface area contributed by atoms with E-state index in [9.17, 15) is 14.7 Å². The van der Waals surface area contributed by atoms with Crippen LogP contribution < -0.4 is 10.6 Å². The van der Waals surface area contributed by atoms with Crippen molar-refractivity contribution in [3.63, 3.8) is 0 Å². The Kier molecular flexibility index (Phi) is 4.31. The Morgan fingerprint density at radius 1 is 1.19 bits per heavy atom. The maximum atomic E-state index is 12.4. The van der Waals surface area contributed by atoms with Crippen molar-refractivity contribution < 1.29 is 19.8 Å². The molecule has 5 atom stereocenters. The molecular formula is C22H26N6O4. The highest BCUT2D eigenvalue weighted by Gasteiger charge is 2.55. The topological polar surface area (TPSA) is 145 Å². The SMILES string of the molecule is O=C(NCCO)C(=O)Nc1nn([C@H]2[C@@H]3CC4C[C@H]2C[C@@](O)(C4)C3)c2c1cnc1[nH]ccc12. The number of fused-ring (bicyclic) bond motifs is 3. The summed E-state index contributed by atoms with van der Waals surface area (Å²) in [5.41, 5.74) is 1.06. The molecule has 0 radical (unpaired) electrons. The molecule has 4 fully saturated rings. The number of hydrogen-bond acceptors (Lipinski definition) is 6. The zero-order valence-corrected chi connectivity index (χ0v) is 17.5. The zero-order chi connectivity index (χ0) is 22.0. The number of hydrogen-bond donors (Lipinski definition) is 5. The predicted molar refractivity (Wildman–Crippen MR) is 116 cm³/mol. The van der Waals surface area contributed by atoms with E-state index in [-0.39, 0.29) is 19.2 Å². The summed E-state index contributed by atoms with van der Waals surface area (Å²) >= 11 is 0. The van der Waals surface area contributed by atoms with Gasteiger partial charge >= 0.3 is 11.8 Å². The summed E-state index contributed by atoms with van der Waals surface area (Å²) in [5.74, 6) is -0.139. The largest absolute Gasteiger partial charge is 0.395 e. The Labute approximate surface area is 183 Å². The van der Waals surface area contributed by atoms with Crippen LogP contribution in [0.5, 0.6) is 0 Å². The minimum Gasteiger partial charge on any atom is -0.395 e. The van der Waals surface area contributed by atoms with Gasteiger partial charge in [-0.1, -0.05) is 0 Å². The maximum absolute atomic E-state index is 12.4. The van der Waals surface area contributed by atoms with Crippen molar-refractivity contribution in [2.75, 3.05) is 18.5 Å². The van der Waals surface area contributed by atoms with E-state index in [2.05, 4.69) is 20.6 Å². The highest BCUT2D eigenvalue weighted by atomic mass is 16.3. The van der Waals surface area contributed by atoms with E-state index in [0.717, 1.165) is 48.7 Å². The quantitative estimate of drug-likeness (QED) is 0.385. The number of aromatic nitrogens is 4. The molecule has 0 saturated heterocycles. The molecule has 3 aromatic heterocycles. The Hall–Kier alpha value is -2.98. The number of aliphatic hydroxyl groups excluding tert-OH is 1. The number of nitrogens with zero attached hydrogens (tertiary/aromatic N) is 3. The van der Waals surface area contributed by atoms with E-state index in [1.54, 1.807) is 6.20 Å². The van der Waals surface area contributed by atoms with Gasteiger partial charge in [0.1, 0.15) is 5.65 Å². The molecule has 10 heteroatoms. The van der Waals surface area contributed by atoms with Crippen LogP contribution in [0.25, 0.3) is 21.9 Å². The van der Waals surface area contributed by atoms with Gasteiger partial charge in [0.25, 0.3) is 0 Å². The maximum Gasteiger partial charge on any atom is 0.314 e. The Balaban J connectivity index is 1.44. The van der Waals surface area contributed by atoms with Crippen LogP contribution >= 0.6 is 0 Å². The molecule has 4 aliphatic rings. The lowest BCUT2D eigenvalue weighted by atomic mass is 9.52. The molecule has 0 aliphatic heterocycles. The van der Waals surface area contributed by atoms with Gasteiger partial charge in [-0.3, -0.25) is 14.3 Å². The third kappa shape index (κ3) is 2.93. The number of anilines is 1. The lowest BCUT2D eigenvalue weighted by Gasteiger charge is -2.57. The lowest BCUT2D eigenvalue weighted by Crippen LogP contribution is -2.55. The van der Waals surface area contributed by atoms with Crippen LogP contribution in [0.15, 0.2) is 18.5 Å². The molecule has 4 bridgehead atoms. The summed E-state index contributed by atoms with van der Waals surface area (Å²) in [6.07, 6.45) is 8.12. The van der Waals surface area contributed by atoms with Crippen LogP contribution in [-0.2, 0) is 9.59 Å². The van der Waals surface area contributed by atoms with Crippen molar-refractivity contribution in [1.29, 1.82) is 0 Å². The first-order valence-electron chi connectivity index (χ1n) is 11.2. The van der Waals surface area contributed by atoms with Crippen LogP contribution in [0.2, 0.25) is 0 Å².